The second-order valence-electron chi connectivity index (χ2n) is 4.86. The molecular formula is C10H17N3O. The zero-order chi connectivity index (χ0) is 9.71. The Morgan fingerprint density at radius 2 is 1.64 bits per heavy atom. The molecule has 3 fully saturated rings. The fourth-order valence-corrected chi connectivity index (χ4v) is 2.84. The number of hydrogen-bond acceptors (Lipinski definition) is 3. The molecule has 4 nitrogen and oxygen atoms in total. The minimum Gasteiger partial charge on any atom is -0.334 e. The molecule has 2 saturated heterocycles. The summed E-state index contributed by atoms with van der Waals surface area (Å²) in [5.41, 5.74) is 0. The van der Waals surface area contributed by atoms with E-state index in [9.17, 15) is 4.79 Å². The molecule has 2 atom stereocenters. The third-order valence-corrected chi connectivity index (χ3v) is 3.69. The van der Waals surface area contributed by atoms with Crippen LogP contribution in [0.2, 0.25) is 0 Å². The smallest absolute Gasteiger partial charge is 0.226 e. The summed E-state index contributed by atoms with van der Waals surface area (Å²) < 4.78 is 0. The fraction of sp³-hybridized carbons (Fsp3) is 0.900. The van der Waals surface area contributed by atoms with Crippen molar-refractivity contribution in [2.75, 3.05) is 13.1 Å². The van der Waals surface area contributed by atoms with E-state index in [2.05, 4.69) is 4.90 Å². The number of nitrogens with two attached hydrogens (primary N) is 1. The van der Waals surface area contributed by atoms with Crippen LogP contribution in [0.25, 0.3) is 0 Å². The highest BCUT2D eigenvalue weighted by atomic mass is 16.2. The van der Waals surface area contributed by atoms with Gasteiger partial charge in [0.1, 0.15) is 0 Å². The second kappa shape index (κ2) is 2.94. The standard InChI is InChI=1S/C10H17N3O/c11-12-5-8-3-4-9(6-12)13(8)10(14)7-1-2-7/h7-9H,1-6,11H2. The molecule has 3 aliphatic rings. The van der Waals surface area contributed by atoms with Gasteiger partial charge in [0.2, 0.25) is 5.91 Å². The van der Waals surface area contributed by atoms with E-state index >= 15 is 0 Å². The first-order chi connectivity index (χ1) is 6.75. The predicted octanol–water partition coefficient (Wildman–Crippen LogP) is -0.0547. The molecule has 78 valence electrons. The molecule has 0 radical (unpaired) electrons. The lowest BCUT2D eigenvalue weighted by atomic mass is 10.2. The molecule has 2 unspecified atom stereocenters. The van der Waals surface area contributed by atoms with Gasteiger partial charge < -0.3 is 4.90 Å². The molecule has 1 amide bonds. The Bertz CT molecular complexity index is 250. The van der Waals surface area contributed by atoms with Crippen molar-refractivity contribution >= 4 is 5.91 Å². The first-order valence-electron chi connectivity index (χ1n) is 5.57. The SMILES string of the molecule is NN1CC2CCC(C1)N2C(=O)C1CC1. The third-order valence-electron chi connectivity index (χ3n) is 3.69. The molecule has 2 aliphatic heterocycles. The van der Waals surface area contributed by atoms with Gasteiger partial charge in [-0.2, -0.15) is 0 Å². The van der Waals surface area contributed by atoms with Gasteiger partial charge in [-0.15, -0.1) is 0 Å². The van der Waals surface area contributed by atoms with Crippen LogP contribution in [0.4, 0.5) is 0 Å². The van der Waals surface area contributed by atoms with E-state index in [1.807, 2.05) is 5.01 Å². The molecule has 0 aromatic heterocycles. The molecule has 14 heavy (non-hydrogen) atoms. The molecule has 2 bridgehead atoms. The lowest BCUT2D eigenvalue weighted by Gasteiger charge is -2.39. The first kappa shape index (κ1) is 8.68. The molecule has 3 rings (SSSR count). The summed E-state index contributed by atoms with van der Waals surface area (Å²) in [6.45, 7) is 1.74. The van der Waals surface area contributed by atoms with Crippen LogP contribution in [-0.2, 0) is 4.79 Å². The van der Waals surface area contributed by atoms with Crippen LogP contribution in [0.1, 0.15) is 25.7 Å². The molecule has 1 saturated carbocycles. The van der Waals surface area contributed by atoms with Crippen LogP contribution in [-0.4, -0.2) is 41.0 Å². The van der Waals surface area contributed by atoms with Crippen molar-refractivity contribution in [3.63, 3.8) is 0 Å². The maximum Gasteiger partial charge on any atom is 0.226 e. The fourth-order valence-electron chi connectivity index (χ4n) is 2.84. The van der Waals surface area contributed by atoms with Crippen LogP contribution in [0, 0.1) is 5.92 Å². The predicted molar refractivity (Wildman–Crippen MR) is 52.1 cm³/mol. The Morgan fingerprint density at radius 3 is 2.14 bits per heavy atom. The summed E-state index contributed by atoms with van der Waals surface area (Å²) in [4.78, 5) is 14.1. The minimum absolute atomic E-state index is 0.363. The number of nitrogens with zero attached hydrogens (tertiary/aromatic N) is 2. The van der Waals surface area contributed by atoms with E-state index in [0.717, 1.165) is 38.8 Å². The number of hydrazine groups is 1. The summed E-state index contributed by atoms with van der Waals surface area (Å²) in [7, 11) is 0. The highest BCUT2D eigenvalue weighted by molar-refractivity contribution is 5.82. The van der Waals surface area contributed by atoms with Crippen molar-refractivity contribution < 1.29 is 4.79 Å². The Balaban J connectivity index is 1.77. The van der Waals surface area contributed by atoms with Gasteiger partial charge in [0.15, 0.2) is 0 Å². The van der Waals surface area contributed by atoms with Crippen molar-refractivity contribution in [3.05, 3.63) is 0 Å². The lowest BCUT2D eigenvalue weighted by Crippen LogP contribution is -2.58. The van der Waals surface area contributed by atoms with Crippen LogP contribution in [0.15, 0.2) is 0 Å². The topological polar surface area (TPSA) is 49.6 Å². The maximum absolute atomic E-state index is 12.0. The van der Waals surface area contributed by atoms with E-state index in [4.69, 9.17) is 5.84 Å². The quantitative estimate of drug-likeness (QED) is 0.597. The van der Waals surface area contributed by atoms with Gasteiger partial charge in [-0.1, -0.05) is 0 Å². The van der Waals surface area contributed by atoms with Gasteiger partial charge in [-0.3, -0.25) is 10.6 Å². The van der Waals surface area contributed by atoms with Gasteiger partial charge in [-0.05, 0) is 25.7 Å². The van der Waals surface area contributed by atoms with E-state index < -0.39 is 0 Å². The Hall–Kier alpha value is -0.610. The van der Waals surface area contributed by atoms with E-state index in [0.29, 0.717) is 23.9 Å². The second-order valence-corrected chi connectivity index (χ2v) is 4.86. The third kappa shape index (κ3) is 1.25. The molecule has 0 spiro atoms. The van der Waals surface area contributed by atoms with Gasteiger partial charge in [0, 0.05) is 31.1 Å². The van der Waals surface area contributed by atoms with Crippen molar-refractivity contribution in [1.29, 1.82) is 0 Å². The molecule has 0 aromatic rings. The molecule has 2 N–H and O–H groups in total. The number of hydrogen-bond donors (Lipinski definition) is 1. The molecule has 2 heterocycles. The first-order valence-corrected chi connectivity index (χ1v) is 5.57. The normalized spacial score (nSPS) is 37.6. The number of fused-ring (bicyclic) bond motifs is 2. The maximum atomic E-state index is 12.0. The minimum atomic E-state index is 0.363. The van der Waals surface area contributed by atoms with Crippen LogP contribution >= 0.6 is 0 Å². The van der Waals surface area contributed by atoms with Crippen LogP contribution < -0.4 is 5.84 Å². The average Bonchev–Trinajstić information content (AvgIpc) is 2.92. The largest absolute Gasteiger partial charge is 0.334 e. The number of amides is 1. The lowest BCUT2D eigenvalue weighted by molar-refractivity contribution is -0.138. The number of carbonyl (C=O) groups is 1. The van der Waals surface area contributed by atoms with Crippen molar-refractivity contribution in [2.45, 2.75) is 37.8 Å². The van der Waals surface area contributed by atoms with Gasteiger partial charge >= 0.3 is 0 Å². The zero-order valence-corrected chi connectivity index (χ0v) is 8.35. The summed E-state index contributed by atoms with van der Waals surface area (Å²) in [6.07, 6.45) is 4.52. The number of piperazine rings is 1. The Kier molecular flexibility index (Phi) is 1.82. The molecule has 4 heteroatoms. The molecular weight excluding hydrogens is 178 g/mol. The number of carbonyl (C=O) groups excluding carboxylic acids is 1. The van der Waals surface area contributed by atoms with Gasteiger partial charge in [0.25, 0.3) is 0 Å². The summed E-state index contributed by atoms with van der Waals surface area (Å²) in [5.74, 6) is 6.58. The van der Waals surface area contributed by atoms with E-state index in [1.165, 1.54) is 0 Å². The zero-order valence-electron chi connectivity index (χ0n) is 8.35. The highest BCUT2D eigenvalue weighted by Crippen LogP contribution is 2.37. The van der Waals surface area contributed by atoms with Gasteiger partial charge in [-0.25, -0.2) is 5.01 Å². The Labute approximate surface area is 84.0 Å². The summed E-state index contributed by atoms with van der Waals surface area (Å²) in [5, 5.41) is 1.87. The van der Waals surface area contributed by atoms with E-state index in [1.54, 1.807) is 0 Å². The Morgan fingerprint density at radius 1 is 1.07 bits per heavy atom. The van der Waals surface area contributed by atoms with E-state index in [-0.39, 0.29) is 0 Å². The summed E-state index contributed by atoms with van der Waals surface area (Å²) >= 11 is 0. The van der Waals surface area contributed by atoms with Gasteiger partial charge in [0.05, 0.1) is 0 Å². The highest BCUT2D eigenvalue weighted by Gasteiger charge is 2.45. The molecule has 1 aliphatic carbocycles. The molecule has 0 aromatic carbocycles. The summed E-state index contributed by atoms with van der Waals surface area (Å²) in [6, 6.07) is 0.818. The van der Waals surface area contributed by atoms with Crippen molar-refractivity contribution in [2.24, 2.45) is 11.8 Å². The monoisotopic (exact) mass is 195 g/mol. The van der Waals surface area contributed by atoms with Crippen molar-refractivity contribution in [3.8, 4) is 0 Å². The number of rotatable bonds is 1. The van der Waals surface area contributed by atoms with Crippen LogP contribution in [0.5, 0.6) is 0 Å². The van der Waals surface area contributed by atoms with Crippen molar-refractivity contribution in [1.82, 2.24) is 9.91 Å². The average molecular weight is 195 g/mol. The van der Waals surface area contributed by atoms with Crippen LogP contribution in [0.3, 0.4) is 0 Å².